The molecule has 0 saturated heterocycles. The van der Waals surface area contributed by atoms with E-state index >= 15 is 0 Å². The van der Waals surface area contributed by atoms with Crippen LogP contribution in [0.5, 0.6) is 0 Å². The zero-order chi connectivity index (χ0) is 31.7. The van der Waals surface area contributed by atoms with Gasteiger partial charge in [0, 0.05) is 56.0 Å². The number of unbranched alkanes of at least 4 members (excludes halogenated alkanes) is 2. The smallest absolute Gasteiger partial charge is 0.0858 e. The number of hydrogen-bond acceptors (Lipinski definition) is 8. The first-order valence-electron chi connectivity index (χ1n) is 15.9. The van der Waals surface area contributed by atoms with Crippen LogP contribution in [0.15, 0.2) is 130 Å². The maximum Gasteiger partial charge on any atom is 0.0858 e. The highest BCUT2D eigenvalue weighted by Gasteiger charge is 2.03. The minimum absolute atomic E-state index is 0.776. The van der Waals surface area contributed by atoms with E-state index < -0.39 is 0 Å². The van der Waals surface area contributed by atoms with Crippen molar-refractivity contribution in [1.29, 1.82) is 0 Å². The maximum absolute atomic E-state index is 4.39. The molecular formula is C37H46N8. The van der Waals surface area contributed by atoms with Crippen molar-refractivity contribution >= 4 is 45.5 Å². The highest BCUT2D eigenvalue weighted by Crippen LogP contribution is 2.25. The molecule has 0 aromatic heterocycles. The van der Waals surface area contributed by atoms with Gasteiger partial charge in [0.05, 0.1) is 22.7 Å². The Hall–Kier alpha value is -4.98. The van der Waals surface area contributed by atoms with Gasteiger partial charge in [0.15, 0.2) is 0 Å². The van der Waals surface area contributed by atoms with Crippen LogP contribution in [-0.4, -0.2) is 33.2 Å². The third-order valence-corrected chi connectivity index (χ3v) is 7.37. The number of azo groups is 2. The zero-order valence-electron chi connectivity index (χ0n) is 26.9. The van der Waals surface area contributed by atoms with E-state index in [4.69, 9.17) is 0 Å². The number of hydrogen-bond donors (Lipinski definition) is 2. The van der Waals surface area contributed by atoms with Crippen molar-refractivity contribution in [2.24, 2.45) is 20.5 Å². The van der Waals surface area contributed by atoms with E-state index in [1.165, 1.54) is 18.5 Å². The van der Waals surface area contributed by atoms with E-state index in [2.05, 4.69) is 92.6 Å². The fourth-order valence-electron chi connectivity index (χ4n) is 4.60. The molecule has 8 heteroatoms. The van der Waals surface area contributed by atoms with Gasteiger partial charge in [-0.2, -0.15) is 20.5 Å². The van der Waals surface area contributed by atoms with Crippen molar-refractivity contribution < 1.29 is 0 Å². The lowest BCUT2D eigenvalue weighted by Gasteiger charge is -2.19. The standard InChI is InChI=1S/C37H46N8/c1-5-8-28-44(4)36-22-18-34(19-23-36)42-40-32-14-10-30(11-15-32)38-26-27-39-31-12-16-33(17-13-31)41-43-35-20-24-37(25-21-35)45(7-3)29-9-6-2/h7,10-25,38-39H,3,5-6,8-9,26-29H2,1-2,4H3/b42-40+,43-41+. The average Bonchev–Trinajstić information content (AvgIpc) is 3.09. The van der Waals surface area contributed by atoms with Crippen LogP contribution < -0.4 is 20.4 Å². The second-order valence-corrected chi connectivity index (χ2v) is 10.9. The molecule has 0 heterocycles. The second kappa shape index (κ2) is 18.0. The number of nitrogens with zero attached hydrogens (tertiary/aromatic N) is 6. The molecule has 2 N–H and O–H groups in total. The molecule has 4 aromatic rings. The molecule has 0 saturated carbocycles. The predicted molar refractivity (Wildman–Crippen MR) is 192 cm³/mol. The highest BCUT2D eigenvalue weighted by atomic mass is 15.1. The molecule has 0 unspecified atom stereocenters. The van der Waals surface area contributed by atoms with Crippen LogP contribution in [-0.2, 0) is 0 Å². The Morgan fingerprint density at radius 1 is 0.556 bits per heavy atom. The Morgan fingerprint density at radius 2 is 0.933 bits per heavy atom. The first-order chi connectivity index (χ1) is 22.1. The van der Waals surface area contributed by atoms with Crippen molar-refractivity contribution in [2.45, 2.75) is 39.5 Å². The van der Waals surface area contributed by atoms with Gasteiger partial charge >= 0.3 is 0 Å². The highest BCUT2D eigenvalue weighted by molar-refractivity contribution is 5.56. The number of benzene rings is 4. The van der Waals surface area contributed by atoms with E-state index in [0.717, 1.165) is 78.8 Å². The molecule has 0 fully saturated rings. The molecule has 0 bridgehead atoms. The molecule has 234 valence electrons. The summed E-state index contributed by atoms with van der Waals surface area (Å²) in [6.07, 6.45) is 6.54. The molecule has 8 nitrogen and oxygen atoms in total. The molecule has 0 aliphatic carbocycles. The van der Waals surface area contributed by atoms with Gasteiger partial charge in [0.2, 0.25) is 0 Å². The van der Waals surface area contributed by atoms with Crippen LogP contribution >= 0.6 is 0 Å². The SMILES string of the molecule is C=CN(CCCC)c1ccc(/N=N/c2ccc(NCCNc3ccc(/N=N/c4ccc(N(C)CCCC)cc4)cc3)cc2)cc1. The molecule has 0 radical (unpaired) electrons. The van der Waals surface area contributed by atoms with E-state index in [0.29, 0.717) is 0 Å². The van der Waals surface area contributed by atoms with Crippen molar-refractivity contribution in [2.75, 3.05) is 53.7 Å². The Kier molecular flexibility index (Phi) is 13.1. The summed E-state index contributed by atoms with van der Waals surface area (Å²) in [5.41, 5.74) is 7.67. The monoisotopic (exact) mass is 602 g/mol. The third-order valence-electron chi connectivity index (χ3n) is 7.37. The minimum atomic E-state index is 0.776. The first kappa shape index (κ1) is 32.9. The van der Waals surface area contributed by atoms with E-state index in [-0.39, 0.29) is 0 Å². The summed E-state index contributed by atoms with van der Waals surface area (Å²) in [5.74, 6) is 0. The van der Waals surface area contributed by atoms with Crippen LogP contribution in [0.4, 0.5) is 45.5 Å². The summed E-state index contributed by atoms with van der Waals surface area (Å²) in [5, 5.41) is 24.4. The molecule has 0 amide bonds. The van der Waals surface area contributed by atoms with Gasteiger partial charge in [0.1, 0.15) is 0 Å². The van der Waals surface area contributed by atoms with Crippen LogP contribution in [0.3, 0.4) is 0 Å². The molecule has 0 aliphatic heterocycles. The van der Waals surface area contributed by atoms with Gasteiger partial charge in [0.25, 0.3) is 0 Å². The van der Waals surface area contributed by atoms with E-state index in [1.807, 2.05) is 79.0 Å². The van der Waals surface area contributed by atoms with Crippen LogP contribution in [0.2, 0.25) is 0 Å². The molecular weight excluding hydrogens is 556 g/mol. The molecule has 0 atom stereocenters. The largest absolute Gasteiger partial charge is 0.383 e. The van der Waals surface area contributed by atoms with Crippen molar-refractivity contribution in [3.05, 3.63) is 110 Å². The fourth-order valence-corrected chi connectivity index (χ4v) is 4.60. The summed E-state index contributed by atoms with van der Waals surface area (Å²) in [6.45, 7) is 11.9. The predicted octanol–water partition coefficient (Wildman–Crippen LogP) is 11.0. The summed E-state index contributed by atoms with van der Waals surface area (Å²) in [6, 6.07) is 32.2. The Bertz CT molecular complexity index is 1480. The topological polar surface area (TPSA) is 80.0 Å². The minimum Gasteiger partial charge on any atom is -0.383 e. The molecule has 4 rings (SSSR count). The Labute approximate surface area is 268 Å². The summed E-state index contributed by atoms with van der Waals surface area (Å²) < 4.78 is 0. The van der Waals surface area contributed by atoms with Gasteiger partial charge in [-0.25, -0.2) is 0 Å². The lowest BCUT2D eigenvalue weighted by atomic mass is 10.2. The van der Waals surface area contributed by atoms with Gasteiger partial charge in [-0.3, -0.25) is 0 Å². The lowest BCUT2D eigenvalue weighted by Crippen LogP contribution is -2.17. The molecule has 4 aromatic carbocycles. The Balaban J connectivity index is 1.17. The first-order valence-corrected chi connectivity index (χ1v) is 15.9. The van der Waals surface area contributed by atoms with Gasteiger partial charge < -0.3 is 20.4 Å². The second-order valence-electron chi connectivity index (χ2n) is 10.9. The number of nitrogens with one attached hydrogen (secondary N) is 2. The third kappa shape index (κ3) is 10.9. The normalized spacial score (nSPS) is 11.2. The number of rotatable bonds is 18. The van der Waals surface area contributed by atoms with Crippen LogP contribution in [0.1, 0.15) is 39.5 Å². The van der Waals surface area contributed by atoms with E-state index in [9.17, 15) is 0 Å². The molecule has 45 heavy (non-hydrogen) atoms. The summed E-state index contributed by atoms with van der Waals surface area (Å²) in [4.78, 5) is 4.42. The lowest BCUT2D eigenvalue weighted by molar-refractivity contribution is 0.767. The number of anilines is 4. The quantitative estimate of drug-likeness (QED) is 0.0877. The summed E-state index contributed by atoms with van der Waals surface area (Å²) >= 11 is 0. The zero-order valence-corrected chi connectivity index (χ0v) is 26.9. The Morgan fingerprint density at radius 3 is 1.33 bits per heavy atom. The van der Waals surface area contributed by atoms with Gasteiger partial charge in [-0.05, 0) is 116 Å². The molecule has 0 spiro atoms. The van der Waals surface area contributed by atoms with Crippen molar-refractivity contribution in [1.82, 2.24) is 0 Å². The van der Waals surface area contributed by atoms with Crippen LogP contribution in [0, 0.1) is 0 Å². The average molecular weight is 603 g/mol. The van der Waals surface area contributed by atoms with Gasteiger partial charge in [-0.1, -0.05) is 33.3 Å². The fraction of sp³-hybridized carbons (Fsp3) is 0.297. The maximum atomic E-state index is 4.39. The van der Waals surface area contributed by atoms with Gasteiger partial charge in [-0.15, -0.1) is 0 Å². The van der Waals surface area contributed by atoms with Crippen LogP contribution in [0.25, 0.3) is 0 Å². The van der Waals surface area contributed by atoms with Crippen molar-refractivity contribution in [3.8, 4) is 0 Å². The van der Waals surface area contributed by atoms with E-state index in [1.54, 1.807) is 0 Å². The summed E-state index contributed by atoms with van der Waals surface area (Å²) in [7, 11) is 2.12. The molecule has 0 aliphatic rings. The van der Waals surface area contributed by atoms with Crippen molar-refractivity contribution in [3.63, 3.8) is 0 Å².